The molecule has 0 unspecified atom stereocenters. The number of rotatable bonds is 9. The van der Waals surface area contributed by atoms with Gasteiger partial charge in [-0.3, -0.25) is 0 Å². The molecular formula is C60H36N6O3. The molecule has 9 aromatic carbocycles. The third-order valence-corrected chi connectivity index (χ3v) is 12.2. The third-order valence-electron chi connectivity index (χ3n) is 12.2. The average molecular weight is 889 g/mol. The van der Waals surface area contributed by atoms with Crippen LogP contribution in [0.4, 0.5) is 0 Å². The Morgan fingerprint density at radius 3 is 0.768 bits per heavy atom. The van der Waals surface area contributed by atoms with E-state index in [9.17, 15) is 0 Å². The van der Waals surface area contributed by atoms with Crippen LogP contribution < -0.4 is 0 Å². The summed E-state index contributed by atoms with van der Waals surface area (Å²) >= 11 is 0. The van der Waals surface area contributed by atoms with Gasteiger partial charge in [-0.1, -0.05) is 127 Å². The maximum absolute atomic E-state index is 6.14. The van der Waals surface area contributed by atoms with Gasteiger partial charge in [0.2, 0.25) is 17.7 Å². The second-order valence-electron chi connectivity index (χ2n) is 16.8. The minimum absolute atomic E-state index is 0.538. The standard InChI is InChI=1S/C60H36N6O3/c1-4-13-37(14-5-1)58-61-49-34-43(25-28-52(49)67-58)40-19-10-22-46(31-40)55-64-56(47-23-11-20-41(32-47)44-26-29-53-50(35-44)62-59(68-53)38-15-6-2-7-16-38)66-57(65-55)48-24-12-21-42(33-48)45-27-30-54-51(36-45)63-60(69-54)39-17-8-3-9-18-39/h1-36H. The van der Waals surface area contributed by atoms with Gasteiger partial charge in [-0.05, 0) is 124 Å². The highest BCUT2D eigenvalue weighted by Crippen LogP contribution is 2.35. The van der Waals surface area contributed by atoms with Gasteiger partial charge >= 0.3 is 0 Å². The molecule has 324 valence electrons. The molecule has 0 radical (unpaired) electrons. The van der Waals surface area contributed by atoms with Crippen LogP contribution in [0.15, 0.2) is 232 Å². The second kappa shape index (κ2) is 16.7. The lowest BCUT2D eigenvalue weighted by Crippen LogP contribution is -2.00. The van der Waals surface area contributed by atoms with Gasteiger partial charge < -0.3 is 13.3 Å². The Kier molecular flexibility index (Phi) is 9.61. The summed E-state index contributed by atoms with van der Waals surface area (Å²) in [6.45, 7) is 0. The highest BCUT2D eigenvalue weighted by atomic mass is 16.4. The van der Waals surface area contributed by atoms with Crippen LogP contribution in [0.3, 0.4) is 0 Å². The first-order valence-corrected chi connectivity index (χ1v) is 22.6. The Hall–Kier alpha value is -9.60. The molecule has 13 aromatic rings. The number of oxazole rings is 3. The van der Waals surface area contributed by atoms with Crippen molar-refractivity contribution in [3.63, 3.8) is 0 Å². The normalized spacial score (nSPS) is 11.5. The molecule has 69 heavy (non-hydrogen) atoms. The lowest BCUT2D eigenvalue weighted by Gasteiger charge is -2.11. The van der Waals surface area contributed by atoms with Gasteiger partial charge in [0.15, 0.2) is 34.2 Å². The molecule has 0 spiro atoms. The van der Waals surface area contributed by atoms with Gasteiger partial charge in [-0.2, -0.15) is 0 Å². The van der Waals surface area contributed by atoms with E-state index in [2.05, 4.69) is 72.8 Å². The van der Waals surface area contributed by atoms with E-state index in [1.165, 1.54) is 0 Å². The van der Waals surface area contributed by atoms with E-state index in [-0.39, 0.29) is 0 Å². The van der Waals surface area contributed by atoms with Crippen molar-refractivity contribution >= 4 is 33.3 Å². The Morgan fingerprint density at radius 2 is 0.464 bits per heavy atom. The molecule has 0 bridgehead atoms. The zero-order valence-electron chi connectivity index (χ0n) is 36.7. The van der Waals surface area contributed by atoms with Crippen LogP contribution in [0, 0.1) is 0 Å². The summed E-state index contributed by atoms with van der Waals surface area (Å²) in [5.41, 5.74) is 15.7. The Labute approximate surface area is 395 Å². The van der Waals surface area contributed by atoms with Crippen molar-refractivity contribution in [3.8, 4) is 102 Å². The zero-order chi connectivity index (χ0) is 45.7. The van der Waals surface area contributed by atoms with Crippen molar-refractivity contribution in [1.82, 2.24) is 29.9 Å². The first kappa shape index (κ1) is 39.7. The monoisotopic (exact) mass is 888 g/mol. The summed E-state index contributed by atoms with van der Waals surface area (Å²) in [6.07, 6.45) is 0. The first-order chi connectivity index (χ1) is 34.1. The third kappa shape index (κ3) is 7.69. The van der Waals surface area contributed by atoms with E-state index in [0.29, 0.717) is 35.1 Å². The topological polar surface area (TPSA) is 117 Å². The Balaban J connectivity index is 0.896. The van der Waals surface area contributed by atoms with Crippen molar-refractivity contribution in [1.29, 1.82) is 0 Å². The Morgan fingerprint density at radius 1 is 0.203 bits per heavy atom. The fourth-order valence-electron chi connectivity index (χ4n) is 8.71. The van der Waals surface area contributed by atoms with E-state index in [0.717, 1.165) is 100 Å². The molecule has 0 aliphatic rings. The molecule has 0 atom stereocenters. The van der Waals surface area contributed by atoms with Crippen LogP contribution in [0.1, 0.15) is 0 Å². The lowest BCUT2D eigenvalue weighted by molar-refractivity contribution is 0.619. The molecule has 9 nitrogen and oxygen atoms in total. The molecule has 0 aliphatic carbocycles. The van der Waals surface area contributed by atoms with Crippen molar-refractivity contribution in [2.75, 3.05) is 0 Å². The molecule has 0 fully saturated rings. The van der Waals surface area contributed by atoms with Crippen LogP contribution in [0.2, 0.25) is 0 Å². The van der Waals surface area contributed by atoms with E-state index in [1.54, 1.807) is 0 Å². The highest BCUT2D eigenvalue weighted by molar-refractivity contribution is 5.87. The quantitative estimate of drug-likeness (QED) is 0.140. The van der Waals surface area contributed by atoms with Gasteiger partial charge in [0, 0.05) is 33.4 Å². The first-order valence-electron chi connectivity index (χ1n) is 22.6. The molecule has 0 amide bonds. The molecule has 4 aromatic heterocycles. The molecule has 0 saturated heterocycles. The Bertz CT molecular complexity index is 3600. The van der Waals surface area contributed by atoms with Gasteiger partial charge in [-0.25, -0.2) is 29.9 Å². The average Bonchev–Trinajstić information content (AvgIpc) is 4.19. The van der Waals surface area contributed by atoms with Gasteiger partial charge in [0.05, 0.1) is 0 Å². The summed E-state index contributed by atoms with van der Waals surface area (Å²) in [7, 11) is 0. The van der Waals surface area contributed by atoms with Crippen molar-refractivity contribution in [2.24, 2.45) is 0 Å². The van der Waals surface area contributed by atoms with Crippen molar-refractivity contribution < 1.29 is 13.3 Å². The minimum Gasteiger partial charge on any atom is -0.436 e. The fraction of sp³-hybridized carbons (Fsp3) is 0. The second-order valence-corrected chi connectivity index (χ2v) is 16.8. The molecule has 4 heterocycles. The van der Waals surface area contributed by atoms with Gasteiger partial charge in [-0.15, -0.1) is 0 Å². The summed E-state index contributed by atoms with van der Waals surface area (Å²) in [5.74, 6) is 3.37. The SMILES string of the molecule is c1ccc(-c2nc3cc(-c4cccc(-c5nc(-c6cccc(-c7ccc8oc(-c9ccccc9)nc8c7)c6)nc(-c6cccc(-c7ccc8oc(-c9ccccc9)nc8c7)c6)n5)c4)ccc3o2)cc1. The van der Waals surface area contributed by atoms with Crippen molar-refractivity contribution in [2.45, 2.75) is 0 Å². The summed E-state index contributed by atoms with van der Waals surface area (Å²) in [4.78, 5) is 30.1. The van der Waals surface area contributed by atoms with Crippen LogP contribution >= 0.6 is 0 Å². The predicted octanol–water partition coefficient (Wildman–Crippen LogP) is 15.3. The maximum atomic E-state index is 6.14. The number of nitrogens with zero attached hydrogens (tertiary/aromatic N) is 6. The molecule has 0 aliphatic heterocycles. The fourth-order valence-corrected chi connectivity index (χ4v) is 8.71. The molecule has 9 heteroatoms. The smallest absolute Gasteiger partial charge is 0.227 e. The summed E-state index contributed by atoms with van der Waals surface area (Å²) < 4.78 is 18.4. The molecule has 13 rings (SSSR count). The van der Waals surface area contributed by atoms with Crippen molar-refractivity contribution in [3.05, 3.63) is 218 Å². The van der Waals surface area contributed by atoms with E-state index in [4.69, 9.17) is 43.2 Å². The van der Waals surface area contributed by atoms with Crippen LogP contribution in [-0.2, 0) is 0 Å². The van der Waals surface area contributed by atoms with Crippen LogP contribution in [0.25, 0.3) is 135 Å². The number of benzene rings is 9. The highest BCUT2D eigenvalue weighted by Gasteiger charge is 2.17. The van der Waals surface area contributed by atoms with Crippen LogP contribution in [-0.4, -0.2) is 29.9 Å². The summed E-state index contributed by atoms with van der Waals surface area (Å²) in [6, 6.07) is 72.9. The molecule has 0 N–H and O–H groups in total. The van der Waals surface area contributed by atoms with Gasteiger partial charge in [0.25, 0.3) is 0 Å². The largest absolute Gasteiger partial charge is 0.436 e. The van der Waals surface area contributed by atoms with Crippen LogP contribution in [0.5, 0.6) is 0 Å². The lowest BCUT2D eigenvalue weighted by atomic mass is 10.0. The molecule has 0 saturated carbocycles. The summed E-state index contributed by atoms with van der Waals surface area (Å²) in [5, 5.41) is 0. The predicted molar refractivity (Wildman–Crippen MR) is 271 cm³/mol. The van der Waals surface area contributed by atoms with E-state index < -0.39 is 0 Å². The number of hydrogen-bond donors (Lipinski definition) is 0. The zero-order valence-corrected chi connectivity index (χ0v) is 36.7. The van der Waals surface area contributed by atoms with E-state index in [1.807, 2.05) is 146 Å². The number of fused-ring (bicyclic) bond motifs is 3. The molecular weight excluding hydrogens is 853 g/mol. The maximum Gasteiger partial charge on any atom is 0.227 e. The minimum atomic E-state index is 0.538. The van der Waals surface area contributed by atoms with E-state index >= 15 is 0 Å². The number of aromatic nitrogens is 6. The number of hydrogen-bond acceptors (Lipinski definition) is 9. The van der Waals surface area contributed by atoms with Gasteiger partial charge in [0.1, 0.15) is 16.6 Å².